The van der Waals surface area contributed by atoms with Gasteiger partial charge in [0.1, 0.15) is 0 Å². The molecule has 1 fully saturated rings. The molecule has 7 heteroatoms. The topological polar surface area (TPSA) is 63.2 Å². The van der Waals surface area contributed by atoms with E-state index in [0.717, 1.165) is 19.3 Å². The van der Waals surface area contributed by atoms with E-state index in [-0.39, 0.29) is 16.8 Å². The highest BCUT2D eigenvalue weighted by atomic mass is 79.9. The minimum absolute atomic E-state index is 0.0374. The zero-order valence-electron chi connectivity index (χ0n) is 11.8. The van der Waals surface area contributed by atoms with Crippen molar-refractivity contribution in [1.29, 1.82) is 0 Å². The summed E-state index contributed by atoms with van der Waals surface area (Å²) in [7, 11) is 1.53. The van der Waals surface area contributed by atoms with Gasteiger partial charge in [0.15, 0.2) is 0 Å². The Morgan fingerprint density at radius 1 is 1.48 bits per heavy atom. The van der Waals surface area contributed by atoms with Gasteiger partial charge < -0.3 is 5.32 Å². The summed E-state index contributed by atoms with van der Waals surface area (Å²) in [5.41, 5.74) is 0.712. The fourth-order valence-corrected chi connectivity index (χ4v) is 4.34. The number of amides is 1. The third-order valence-corrected chi connectivity index (χ3v) is 5.64. The third kappa shape index (κ3) is 3.99. The third-order valence-electron chi connectivity index (χ3n) is 3.73. The van der Waals surface area contributed by atoms with Gasteiger partial charge in [-0.1, -0.05) is 29.3 Å². The SMILES string of the molecule is CCCC1CC1NC(=O)c1cc(Br)cc(S(=O)(=O)Cl)c1C. The molecule has 0 bridgehead atoms. The minimum atomic E-state index is -3.88. The van der Waals surface area contributed by atoms with E-state index in [1.54, 1.807) is 13.0 Å². The van der Waals surface area contributed by atoms with Crippen LogP contribution in [0.4, 0.5) is 0 Å². The van der Waals surface area contributed by atoms with Crippen LogP contribution < -0.4 is 5.32 Å². The molecule has 0 aromatic heterocycles. The lowest BCUT2D eigenvalue weighted by molar-refractivity contribution is 0.0948. The van der Waals surface area contributed by atoms with E-state index in [2.05, 4.69) is 28.2 Å². The van der Waals surface area contributed by atoms with Crippen molar-refractivity contribution in [2.75, 3.05) is 0 Å². The molecule has 1 aliphatic carbocycles. The van der Waals surface area contributed by atoms with Crippen molar-refractivity contribution < 1.29 is 13.2 Å². The fourth-order valence-electron chi connectivity index (χ4n) is 2.50. The van der Waals surface area contributed by atoms with Crippen LogP contribution >= 0.6 is 26.6 Å². The number of halogens is 2. The molecule has 0 saturated heterocycles. The quantitative estimate of drug-likeness (QED) is 0.776. The van der Waals surface area contributed by atoms with Crippen molar-refractivity contribution in [2.45, 2.75) is 44.0 Å². The van der Waals surface area contributed by atoms with Gasteiger partial charge in [-0.3, -0.25) is 4.79 Å². The molecule has 2 rings (SSSR count). The zero-order valence-corrected chi connectivity index (χ0v) is 15.0. The fraction of sp³-hybridized carbons (Fsp3) is 0.500. The molecule has 21 heavy (non-hydrogen) atoms. The van der Waals surface area contributed by atoms with Crippen molar-refractivity contribution in [3.63, 3.8) is 0 Å². The van der Waals surface area contributed by atoms with Gasteiger partial charge in [-0.25, -0.2) is 8.42 Å². The first-order valence-corrected chi connectivity index (χ1v) is 9.90. The van der Waals surface area contributed by atoms with Crippen molar-refractivity contribution in [3.05, 3.63) is 27.7 Å². The van der Waals surface area contributed by atoms with Gasteiger partial charge in [-0.2, -0.15) is 0 Å². The predicted octanol–water partition coefficient (Wildman–Crippen LogP) is 3.60. The number of hydrogen-bond acceptors (Lipinski definition) is 3. The van der Waals surface area contributed by atoms with Crippen LogP contribution in [0.15, 0.2) is 21.5 Å². The van der Waals surface area contributed by atoms with E-state index >= 15 is 0 Å². The van der Waals surface area contributed by atoms with Crippen LogP contribution in [0.1, 0.15) is 42.1 Å². The van der Waals surface area contributed by atoms with E-state index in [0.29, 0.717) is 21.5 Å². The monoisotopic (exact) mass is 393 g/mol. The molecule has 116 valence electrons. The average Bonchev–Trinajstić information content (AvgIpc) is 3.08. The molecule has 4 nitrogen and oxygen atoms in total. The van der Waals surface area contributed by atoms with Crippen molar-refractivity contribution >= 4 is 41.6 Å². The highest BCUT2D eigenvalue weighted by Gasteiger charge is 2.37. The number of benzene rings is 1. The maximum atomic E-state index is 12.3. The lowest BCUT2D eigenvalue weighted by atomic mass is 10.1. The first kappa shape index (κ1) is 16.8. The lowest BCUT2D eigenvalue weighted by Crippen LogP contribution is -2.27. The molecule has 0 spiro atoms. The van der Waals surface area contributed by atoms with Gasteiger partial charge in [0, 0.05) is 26.8 Å². The number of hydrogen-bond donors (Lipinski definition) is 1. The predicted molar refractivity (Wildman–Crippen MR) is 86.2 cm³/mol. The molecule has 1 amide bonds. The minimum Gasteiger partial charge on any atom is -0.349 e. The summed E-state index contributed by atoms with van der Waals surface area (Å²) in [5, 5.41) is 2.95. The largest absolute Gasteiger partial charge is 0.349 e. The number of carbonyl (C=O) groups is 1. The molecule has 1 N–H and O–H groups in total. The van der Waals surface area contributed by atoms with E-state index < -0.39 is 9.05 Å². The summed E-state index contributed by atoms with van der Waals surface area (Å²) in [4.78, 5) is 12.3. The summed E-state index contributed by atoms with van der Waals surface area (Å²) in [6.45, 7) is 3.71. The summed E-state index contributed by atoms with van der Waals surface area (Å²) in [6, 6.07) is 3.23. The molecular weight excluding hydrogens is 378 g/mol. The Morgan fingerprint density at radius 3 is 2.71 bits per heavy atom. The van der Waals surface area contributed by atoms with E-state index in [9.17, 15) is 13.2 Å². The van der Waals surface area contributed by atoms with Crippen LogP contribution in [-0.2, 0) is 9.05 Å². The van der Waals surface area contributed by atoms with E-state index in [1.165, 1.54) is 6.07 Å². The number of rotatable bonds is 5. The Bertz CT molecular complexity index is 675. The van der Waals surface area contributed by atoms with Crippen LogP contribution in [0.2, 0.25) is 0 Å². The van der Waals surface area contributed by atoms with Crippen molar-refractivity contribution in [2.24, 2.45) is 5.92 Å². The maximum absolute atomic E-state index is 12.3. The van der Waals surface area contributed by atoms with Crippen LogP contribution in [-0.4, -0.2) is 20.4 Å². The summed E-state index contributed by atoms with van der Waals surface area (Å²) in [5.74, 6) is 0.293. The Kier molecular flexibility index (Phi) is 5.00. The van der Waals surface area contributed by atoms with E-state index in [4.69, 9.17) is 10.7 Å². The second-order valence-electron chi connectivity index (χ2n) is 5.38. The molecular formula is C14H17BrClNO3S. The van der Waals surface area contributed by atoms with Crippen LogP contribution in [0.25, 0.3) is 0 Å². The molecule has 1 aromatic rings. The Balaban J connectivity index is 2.24. The average molecular weight is 395 g/mol. The summed E-state index contributed by atoms with van der Waals surface area (Å²) >= 11 is 3.22. The number of carbonyl (C=O) groups excluding carboxylic acids is 1. The highest BCUT2D eigenvalue weighted by molar-refractivity contribution is 9.10. The standard InChI is InChI=1S/C14H17BrClNO3S/c1-3-4-9-5-12(9)17-14(18)11-6-10(15)7-13(8(11)2)21(16,19)20/h6-7,9,12H,3-5H2,1-2H3,(H,17,18). The number of nitrogens with one attached hydrogen (secondary N) is 1. The van der Waals surface area contributed by atoms with Gasteiger partial charge in [-0.15, -0.1) is 0 Å². The maximum Gasteiger partial charge on any atom is 0.261 e. The molecule has 2 atom stereocenters. The molecule has 1 saturated carbocycles. The van der Waals surface area contributed by atoms with Gasteiger partial charge in [0.05, 0.1) is 4.90 Å². The highest BCUT2D eigenvalue weighted by Crippen LogP contribution is 2.35. The smallest absolute Gasteiger partial charge is 0.261 e. The lowest BCUT2D eigenvalue weighted by Gasteiger charge is -2.11. The van der Waals surface area contributed by atoms with Gasteiger partial charge in [0.2, 0.25) is 0 Å². The molecule has 1 aliphatic rings. The second-order valence-corrected chi connectivity index (χ2v) is 8.83. The van der Waals surface area contributed by atoms with Gasteiger partial charge in [0.25, 0.3) is 15.0 Å². The van der Waals surface area contributed by atoms with Crippen LogP contribution in [0.5, 0.6) is 0 Å². The molecule has 2 unspecified atom stereocenters. The Morgan fingerprint density at radius 2 is 2.14 bits per heavy atom. The van der Waals surface area contributed by atoms with Crippen LogP contribution in [0.3, 0.4) is 0 Å². The van der Waals surface area contributed by atoms with Crippen molar-refractivity contribution in [1.82, 2.24) is 5.32 Å². The van der Waals surface area contributed by atoms with Gasteiger partial charge >= 0.3 is 0 Å². The zero-order chi connectivity index (χ0) is 15.8. The first-order chi connectivity index (χ1) is 9.74. The second kappa shape index (κ2) is 6.26. The molecule has 1 aromatic carbocycles. The summed E-state index contributed by atoms with van der Waals surface area (Å²) in [6.07, 6.45) is 3.19. The Labute approximate surface area is 137 Å². The molecule has 0 heterocycles. The normalized spacial score (nSPS) is 21.1. The van der Waals surface area contributed by atoms with E-state index in [1.807, 2.05) is 0 Å². The molecule has 0 aliphatic heterocycles. The van der Waals surface area contributed by atoms with Gasteiger partial charge in [-0.05, 0) is 43.4 Å². The first-order valence-electron chi connectivity index (χ1n) is 6.79. The van der Waals surface area contributed by atoms with Crippen molar-refractivity contribution in [3.8, 4) is 0 Å². The Hall–Kier alpha value is -0.590. The molecule has 0 radical (unpaired) electrons. The summed E-state index contributed by atoms with van der Waals surface area (Å²) < 4.78 is 23.6. The van der Waals surface area contributed by atoms with Crippen LogP contribution in [0, 0.1) is 12.8 Å².